The maximum atomic E-state index is 13.1. The number of nitrogens with zero attached hydrogens (tertiary/aromatic N) is 1. The molecule has 2 rings (SSSR count). The average molecular weight is 377 g/mol. The number of hydrogen-bond donors (Lipinski definition) is 0. The third-order valence-corrected chi connectivity index (χ3v) is 6.66. The van der Waals surface area contributed by atoms with Crippen LogP contribution in [0.1, 0.15) is 20.8 Å². The Kier molecular flexibility index (Phi) is 5.02. The van der Waals surface area contributed by atoms with E-state index < -0.39 is 25.5 Å². The fourth-order valence-electron chi connectivity index (χ4n) is 2.81. The van der Waals surface area contributed by atoms with Gasteiger partial charge in [-0.2, -0.15) is 4.31 Å². The van der Waals surface area contributed by atoms with Gasteiger partial charge in [0.1, 0.15) is 10.6 Å². The summed E-state index contributed by atoms with van der Waals surface area (Å²) in [7, 11) is -6.12. The molecule has 0 aromatic heterocycles. The van der Waals surface area contributed by atoms with E-state index in [9.17, 15) is 16.8 Å². The van der Waals surface area contributed by atoms with Gasteiger partial charge in [-0.3, -0.25) is 0 Å². The van der Waals surface area contributed by atoms with Crippen molar-refractivity contribution in [3.05, 3.63) is 18.2 Å². The third-order valence-electron chi connectivity index (χ3n) is 3.72. The van der Waals surface area contributed by atoms with Crippen LogP contribution in [0.4, 0.5) is 0 Å². The molecule has 1 aliphatic heterocycles. The number of sulfone groups is 1. The van der Waals surface area contributed by atoms with Gasteiger partial charge in [-0.1, -0.05) is 0 Å². The standard InChI is InChI=1S/C15H23NO6S2/c1-11-9-16(10-15(2,3)22-11)24(19,20)14-8-12(23(5,17)18)6-7-13(14)21-4/h6-8,11H,9-10H2,1-5H3. The molecule has 1 atom stereocenters. The molecule has 0 bridgehead atoms. The second-order valence-electron chi connectivity index (χ2n) is 6.57. The lowest BCUT2D eigenvalue weighted by atomic mass is 10.1. The first-order chi connectivity index (χ1) is 10.9. The van der Waals surface area contributed by atoms with E-state index in [1.165, 1.54) is 23.5 Å². The Hall–Kier alpha value is -1.16. The molecule has 24 heavy (non-hydrogen) atoms. The molecule has 1 saturated heterocycles. The van der Waals surface area contributed by atoms with E-state index in [0.29, 0.717) is 0 Å². The van der Waals surface area contributed by atoms with Gasteiger partial charge in [-0.25, -0.2) is 16.8 Å². The van der Waals surface area contributed by atoms with Gasteiger partial charge < -0.3 is 9.47 Å². The summed E-state index contributed by atoms with van der Waals surface area (Å²) in [6, 6.07) is 3.84. The van der Waals surface area contributed by atoms with Gasteiger partial charge in [-0.05, 0) is 39.0 Å². The molecule has 9 heteroatoms. The van der Waals surface area contributed by atoms with Crippen LogP contribution in [0.3, 0.4) is 0 Å². The Morgan fingerprint density at radius 3 is 2.38 bits per heavy atom. The molecule has 1 unspecified atom stereocenters. The van der Waals surface area contributed by atoms with Crippen molar-refractivity contribution in [2.24, 2.45) is 0 Å². The van der Waals surface area contributed by atoms with Crippen LogP contribution >= 0.6 is 0 Å². The molecule has 7 nitrogen and oxygen atoms in total. The quantitative estimate of drug-likeness (QED) is 0.785. The Labute approximate surface area is 143 Å². The highest BCUT2D eigenvalue weighted by Crippen LogP contribution is 2.32. The molecular weight excluding hydrogens is 354 g/mol. The van der Waals surface area contributed by atoms with E-state index in [0.717, 1.165) is 12.3 Å². The van der Waals surface area contributed by atoms with Gasteiger partial charge in [-0.15, -0.1) is 0 Å². The lowest BCUT2D eigenvalue weighted by Crippen LogP contribution is -2.53. The Morgan fingerprint density at radius 2 is 1.88 bits per heavy atom. The van der Waals surface area contributed by atoms with Crippen LogP contribution in [0.15, 0.2) is 28.0 Å². The zero-order valence-electron chi connectivity index (χ0n) is 14.4. The number of morpholine rings is 1. The highest BCUT2D eigenvalue weighted by Gasteiger charge is 2.39. The van der Waals surface area contributed by atoms with Gasteiger partial charge in [0.2, 0.25) is 10.0 Å². The van der Waals surface area contributed by atoms with Crippen molar-refractivity contribution in [1.29, 1.82) is 0 Å². The molecule has 136 valence electrons. The number of sulfonamides is 1. The summed E-state index contributed by atoms with van der Waals surface area (Å²) in [5.74, 6) is 0.111. The van der Waals surface area contributed by atoms with Crippen LogP contribution in [0.25, 0.3) is 0 Å². The summed E-state index contributed by atoms with van der Waals surface area (Å²) < 4.78 is 61.9. The second-order valence-corrected chi connectivity index (χ2v) is 10.5. The monoisotopic (exact) mass is 377 g/mol. The van der Waals surface area contributed by atoms with E-state index in [2.05, 4.69) is 0 Å². The number of benzene rings is 1. The molecule has 0 radical (unpaired) electrons. The summed E-state index contributed by atoms with van der Waals surface area (Å²) in [6.07, 6.45) is 0.762. The fourth-order valence-corrected chi connectivity index (χ4v) is 5.38. The Balaban J connectivity index is 2.56. The van der Waals surface area contributed by atoms with Crippen LogP contribution in [-0.2, 0) is 24.6 Å². The predicted molar refractivity (Wildman–Crippen MR) is 89.5 cm³/mol. The van der Waals surface area contributed by atoms with Crippen LogP contribution in [-0.4, -0.2) is 59.3 Å². The summed E-state index contributed by atoms with van der Waals surface area (Å²) in [5, 5.41) is 0. The number of hydrogen-bond acceptors (Lipinski definition) is 6. The molecule has 1 aromatic carbocycles. The maximum Gasteiger partial charge on any atom is 0.246 e. The van der Waals surface area contributed by atoms with Gasteiger partial charge in [0.05, 0.1) is 23.7 Å². The Bertz CT molecular complexity index is 830. The molecule has 0 N–H and O–H groups in total. The fraction of sp³-hybridized carbons (Fsp3) is 0.600. The van der Waals surface area contributed by atoms with Gasteiger partial charge in [0.15, 0.2) is 9.84 Å². The molecule has 0 amide bonds. The zero-order chi connectivity index (χ0) is 18.3. The molecule has 1 aliphatic rings. The maximum absolute atomic E-state index is 13.1. The van der Waals surface area contributed by atoms with Crippen molar-refractivity contribution in [3.63, 3.8) is 0 Å². The van der Waals surface area contributed by atoms with Gasteiger partial charge in [0.25, 0.3) is 0 Å². The molecule has 0 aliphatic carbocycles. The van der Waals surface area contributed by atoms with E-state index in [1.54, 1.807) is 6.92 Å². The summed E-state index contributed by atoms with van der Waals surface area (Å²) >= 11 is 0. The molecule has 0 saturated carbocycles. The van der Waals surface area contributed by atoms with Gasteiger partial charge in [0, 0.05) is 19.3 Å². The topological polar surface area (TPSA) is 90.0 Å². The number of methoxy groups -OCH3 is 1. The van der Waals surface area contributed by atoms with Crippen LogP contribution in [0, 0.1) is 0 Å². The van der Waals surface area contributed by atoms with Crippen molar-refractivity contribution in [2.75, 3.05) is 26.5 Å². The molecular formula is C15H23NO6S2. The smallest absolute Gasteiger partial charge is 0.246 e. The highest BCUT2D eigenvalue weighted by molar-refractivity contribution is 7.91. The highest BCUT2D eigenvalue weighted by atomic mass is 32.2. The van der Waals surface area contributed by atoms with Crippen molar-refractivity contribution in [3.8, 4) is 5.75 Å². The van der Waals surface area contributed by atoms with E-state index in [4.69, 9.17) is 9.47 Å². The first kappa shape index (κ1) is 19.2. The van der Waals surface area contributed by atoms with Crippen LogP contribution in [0.5, 0.6) is 5.75 Å². The van der Waals surface area contributed by atoms with Crippen molar-refractivity contribution >= 4 is 19.9 Å². The molecule has 1 aromatic rings. The summed E-state index contributed by atoms with van der Waals surface area (Å²) in [4.78, 5) is -0.222. The summed E-state index contributed by atoms with van der Waals surface area (Å²) in [5.41, 5.74) is -0.633. The zero-order valence-corrected chi connectivity index (χ0v) is 16.1. The Morgan fingerprint density at radius 1 is 1.25 bits per heavy atom. The van der Waals surface area contributed by atoms with E-state index in [1.807, 2.05) is 13.8 Å². The first-order valence-corrected chi connectivity index (χ1v) is 10.8. The van der Waals surface area contributed by atoms with Crippen LogP contribution < -0.4 is 4.74 Å². The lowest BCUT2D eigenvalue weighted by molar-refractivity contribution is -0.109. The first-order valence-electron chi connectivity index (χ1n) is 7.43. The minimum absolute atomic E-state index is 0.0672. The minimum atomic E-state index is -3.93. The number of rotatable bonds is 4. The molecule has 1 heterocycles. The SMILES string of the molecule is COc1ccc(S(C)(=O)=O)cc1S(=O)(=O)N1CC(C)OC(C)(C)C1. The normalized spacial score (nSPS) is 22.3. The van der Waals surface area contributed by atoms with Gasteiger partial charge >= 0.3 is 0 Å². The predicted octanol–water partition coefficient (Wildman–Crippen LogP) is 1.29. The van der Waals surface area contributed by atoms with Crippen molar-refractivity contribution in [2.45, 2.75) is 42.3 Å². The van der Waals surface area contributed by atoms with Crippen molar-refractivity contribution in [1.82, 2.24) is 4.31 Å². The minimum Gasteiger partial charge on any atom is -0.495 e. The second kappa shape index (κ2) is 6.29. The van der Waals surface area contributed by atoms with Crippen molar-refractivity contribution < 1.29 is 26.3 Å². The summed E-state index contributed by atoms with van der Waals surface area (Å²) in [6.45, 7) is 5.79. The van der Waals surface area contributed by atoms with E-state index in [-0.39, 0.29) is 34.7 Å². The third kappa shape index (κ3) is 3.90. The lowest BCUT2D eigenvalue weighted by Gasteiger charge is -2.41. The molecule has 1 fully saturated rings. The van der Waals surface area contributed by atoms with Crippen LogP contribution in [0.2, 0.25) is 0 Å². The van der Waals surface area contributed by atoms with E-state index >= 15 is 0 Å². The molecule has 0 spiro atoms. The number of ether oxygens (including phenoxy) is 2. The average Bonchev–Trinajstić information content (AvgIpc) is 2.43. The largest absolute Gasteiger partial charge is 0.495 e.